The van der Waals surface area contributed by atoms with Crippen LogP contribution in [0.4, 0.5) is 0 Å². The number of carbonyl (C=O) groups excluding carboxylic acids is 1. The van der Waals surface area contributed by atoms with E-state index in [0.29, 0.717) is 6.54 Å². The monoisotopic (exact) mass is 485 g/mol. The Kier molecular flexibility index (Phi) is 5.90. The summed E-state index contributed by atoms with van der Waals surface area (Å²) < 4.78 is 2.13. The Labute approximate surface area is 210 Å². The van der Waals surface area contributed by atoms with Gasteiger partial charge in [0, 0.05) is 49.1 Å². The molecule has 1 spiro atoms. The Morgan fingerprint density at radius 1 is 1.11 bits per heavy atom. The summed E-state index contributed by atoms with van der Waals surface area (Å²) in [5.41, 5.74) is 3.56. The number of benzene rings is 2. The van der Waals surface area contributed by atoms with Crippen molar-refractivity contribution in [1.29, 1.82) is 0 Å². The summed E-state index contributed by atoms with van der Waals surface area (Å²) in [7, 11) is 2.05. The van der Waals surface area contributed by atoms with Crippen LogP contribution in [-0.4, -0.2) is 45.0 Å². The summed E-state index contributed by atoms with van der Waals surface area (Å²) in [5, 5.41) is 4.28. The number of amides is 1. The zero-order chi connectivity index (χ0) is 23.8. The van der Waals surface area contributed by atoms with Crippen molar-refractivity contribution < 1.29 is 4.79 Å². The van der Waals surface area contributed by atoms with Crippen LogP contribution in [0.3, 0.4) is 0 Å². The third-order valence-corrected chi connectivity index (χ3v) is 8.87. The maximum atomic E-state index is 12.9. The molecule has 2 aromatic carbocycles. The predicted octanol–water partition coefficient (Wildman–Crippen LogP) is 4.66. The highest BCUT2D eigenvalue weighted by atomic mass is 32.1. The number of fused-ring (bicyclic) bond motifs is 1. The van der Waals surface area contributed by atoms with Gasteiger partial charge in [-0.3, -0.25) is 9.69 Å². The molecule has 35 heavy (non-hydrogen) atoms. The van der Waals surface area contributed by atoms with E-state index >= 15 is 0 Å². The van der Waals surface area contributed by atoms with Crippen molar-refractivity contribution in [2.45, 2.75) is 32.2 Å². The molecule has 0 radical (unpaired) electrons. The summed E-state index contributed by atoms with van der Waals surface area (Å²) in [6.07, 6.45) is 6.04. The van der Waals surface area contributed by atoms with Crippen LogP contribution in [0.15, 0.2) is 60.8 Å². The number of carbonyl (C=O) groups is 1. The number of nitrogens with one attached hydrogen (secondary N) is 1. The normalized spacial score (nSPS) is 19.3. The van der Waals surface area contributed by atoms with Gasteiger partial charge in [0.1, 0.15) is 10.8 Å². The van der Waals surface area contributed by atoms with Crippen molar-refractivity contribution in [1.82, 2.24) is 24.8 Å². The lowest BCUT2D eigenvalue weighted by Crippen LogP contribution is -2.37. The van der Waals surface area contributed by atoms with Crippen molar-refractivity contribution in [3.63, 3.8) is 0 Å². The van der Waals surface area contributed by atoms with E-state index in [0.717, 1.165) is 67.2 Å². The molecule has 6 nitrogen and oxygen atoms in total. The van der Waals surface area contributed by atoms with Gasteiger partial charge in [0.25, 0.3) is 0 Å². The fraction of sp³-hybridized carbons (Fsp3) is 0.393. The topological polar surface area (TPSA) is 63.1 Å². The van der Waals surface area contributed by atoms with E-state index in [1.807, 2.05) is 37.5 Å². The molecule has 6 rings (SSSR count). The molecule has 2 fully saturated rings. The largest absolute Gasteiger partial charge is 0.355 e. The van der Waals surface area contributed by atoms with E-state index in [2.05, 4.69) is 50.1 Å². The molecule has 1 atom stereocenters. The number of imidazole rings is 1. The molecule has 1 aliphatic carbocycles. The Bertz CT molecular complexity index is 1340. The Morgan fingerprint density at radius 3 is 2.69 bits per heavy atom. The first-order valence-corrected chi connectivity index (χ1v) is 13.3. The molecule has 3 heterocycles. The highest BCUT2D eigenvalue weighted by molar-refractivity contribution is 7.15. The van der Waals surface area contributed by atoms with E-state index in [4.69, 9.17) is 4.98 Å². The second-order valence-electron chi connectivity index (χ2n) is 10.0. The molecular weight excluding hydrogens is 454 g/mol. The van der Waals surface area contributed by atoms with Crippen LogP contribution in [0.1, 0.15) is 30.0 Å². The van der Waals surface area contributed by atoms with Gasteiger partial charge in [0.2, 0.25) is 5.91 Å². The van der Waals surface area contributed by atoms with Crippen molar-refractivity contribution in [3.8, 4) is 10.6 Å². The number of likely N-dealkylation sites (tertiary alicyclic amines) is 1. The highest BCUT2D eigenvalue weighted by Gasteiger charge is 2.58. The van der Waals surface area contributed by atoms with Gasteiger partial charge in [0.05, 0.1) is 11.0 Å². The van der Waals surface area contributed by atoms with E-state index in [1.54, 1.807) is 11.3 Å². The Hall–Kier alpha value is -3.03. The standard InChI is InChI=1S/C28H31N5OS/c1-32-24-10-6-5-9-23(24)31-25(32)11-14-29-26(34)22-17-28(22)12-15-33(16-13-28)19-21-18-30-27(35-21)20-7-3-2-4-8-20/h2-10,18,22H,11-17,19H2,1H3,(H,29,34). The summed E-state index contributed by atoms with van der Waals surface area (Å²) >= 11 is 1.79. The molecule has 7 heteroatoms. The van der Waals surface area contributed by atoms with E-state index in [1.165, 1.54) is 10.4 Å². The van der Waals surface area contributed by atoms with Crippen LogP contribution in [0.25, 0.3) is 21.6 Å². The van der Waals surface area contributed by atoms with Crippen LogP contribution >= 0.6 is 11.3 Å². The number of para-hydroxylation sites is 2. The molecule has 1 saturated carbocycles. The number of hydrogen-bond donors (Lipinski definition) is 1. The van der Waals surface area contributed by atoms with Crippen LogP contribution < -0.4 is 5.32 Å². The van der Waals surface area contributed by atoms with Crippen molar-refractivity contribution in [2.75, 3.05) is 19.6 Å². The van der Waals surface area contributed by atoms with Crippen molar-refractivity contribution in [3.05, 3.63) is 71.5 Å². The minimum absolute atomic E-state index is 0.179. The van der Waals surface area contributed by atoms with E-state index < -0.39 is 0 Å². The van der Waals surface area contributed by atoms with Gasteiger partial charge in [-0.25, -0.2) is 9.97 Å². The quantitative estimate of drug-likeness (QED) is 0.414. The average molecular weight is 486 g/mol. The Balaban J connectivity index is 0.972. The van der Waals surface area contributed by atoms with Crippen molar-refractivity contribution in [2.24, 2.45) is 18.4 Å². The van der Waals surface area contributed by atoms with E-state index in [-0.39, 0.29) is 17.2 Å². The molecule has 2 aliphatic rings. The summed E-state index contributed by atoms with van der Waals surface area (Å²) in [5.74, 6) is 1.43. The van der Waals surface area contributed by atoms with Gasteiger partial charge in [-0.1, -0.05) is 42.5 Å². The first-order valence-electron chi connectivity index (χ1n) is 12.5. The number of thiazole rings is 1. The summed E-state index contributed by atoms with van der Waals surface area (Å²) in [4.78, 5) is 26.1. The maximum Gasteiger partial charge on any atom is 0.223 e. The second kappa shape index (κ2) is 9.21. The molecule has 1 unspecified atom stereocenters. The first kappa shape index (κ1) is 22.4. The van der Waals surface area contributed by atoms with E-state index in [9.17, 15) is 4.79 Å². The Morgan fingerprint density at radius 2 is 1.89 bits per heavy atom. The van der Waals surface area contributed by atoms with Crippen LogP contribution in [0.5, 0.6) is 0 Å². The van der Waals surface area contributed by atoms with Crippen molar-refractivity contribution >= 4 is 28.3 Å². The molecule has 180 valence electrons. The number of hydrogen-bond acceptors (Lipinski definition) is 5. The molecule has 1 N–H and O–H groups in total. The van der Waals surface area contributed by atoms with Gasteiger partial charge in [-0.2, -0.15) is 0 Å². The number of aromatic nitrogens is 3. The molecular formula is C28H31N5OS. The van der Waals surface area contributed by atoms with Crippen LogP contribution in [-0.2, 0) is 24.8 Å². The third kappa shape index (κ3) is 4.50. The molecule has 1 saturated heterocycles. The lowest BCUT2D eigenvalue weighted by atomic mass is 9.90. The first-order chi connectivity index (χ1) is 17.1. The lowest BCUT2D eigenvalue weighted by molar-refractivity contribution is -0.123. The van der Waals surface area contributed by atoms with Gasteiger partial charge >= 0.3 is 0 Å². The highest BCUT2D eigenvalue weighted by Crippen LogP contribution is 2.59. The van der Waals surface area contributed by atoms with Crippen LogP contribution in [0.2, 0.25) is 0 Å². The smallest absolute Gasteiger partial charge is 0.223 e. The molecule has 2 aromatic heterocycles. The summed E-state index contributed by atoms with van der Waals surface area (Å²) in [6, 6.07) is 18.6. The van der Waals surface area contributed by atoms with Crippen LogP contribution in [0, 0.1) is 11.3 Å². The second-order valence-corrected chi connectivity index (χ2v) is 11.1. The number of aryl methyl sites for hydroxylation is 1. The fourth-order valence-electron chi connectivity index (χ4n) is 5.58. The number of piperidine rings is 1. The molecule has 1 aliphatic heterocycles. The number of rotatable bonds is 7. The average Bonchev–Trinajstić information content (AvgIpc) is 3.22. The van der Waals surface area contributed by atoms with Gasteiger partial charge in [-0.15, -0.1) is 11.3 Å². The maximum absolute atomic E-state index is 12.9. The SMILES string of the molecule is Cn1c(CCNC(=O)C2CC23CCN(Cc2cnc(-c4ccccc4)s2)CC3)nc2ccccc21. The zero-order valence-electron chi connectivity index (χ0n) is 20.1. The predicted molar refractivity (Wildman–Crippen MR) is 140 cm³/mol. The molecule has 0 bridgehead atoms. The number of nitrogens with zero attached hydrogens (tertiary/aromatic N) is 4. The van der Waals surface area contributed by atoms with Gasteiger partial charge in [-0.05, 0) is 49.9 Å². The lowest BCUT2D eigenvalue weighted by Gasteiger charge is -2.32. The summed E-state index contributed by atoms with van der Waals surface area (Å²) in [6.45, 7) is 3.71. The zero-order valence-corrected chi connectivity index (χ0v) is 20.9. The minimum Gasteiger partial charge on any atom is -0.355 e. The molecule has 4 aromatic rings. The fourth-order valence-corrected chi connectivity index (χ4v) is 6.54. The molecule has 1 amide bonds. The third-order valence-electron chi connectivity index (χ3n) is 7.84. The minimum atomic E-state index is 0.179. The van der Waals surface area contributed by atoms with Gasteiger partial charge in [0.15, 0.2) is 0 Å². The van der Waals surface area contributed by atoms with Gasteiger partial charge < -0.3 is 9.88 Å².